The van der Waals surface area contributed by atoms with Crippen LogP contribution in [-0.4, -0.2) is 56.5 Å². The van der Waals surface area contributed by atoms with Crippen molar-refractivity contribution in [2.45, 2.75) is 13.1 Å². The highest BCUT2D eigenvalue weighted by Gasteiger charge is 2.28. The summed E-state index contributed by atoms with van der Waals surface area (Å²) in [6.45, 7) is -0.166. The van der Waals surface area contributed by atoms with E-state index in [-0.39, 0.29) is 35.8 Å². The van der Waals surface area contributed by atoms with Crippen LogP contribution in [-0.2, 0) is 23.3 Å². The summed E-state index contributed by atoms with van der Waals surface area (Å²) in [4.78, 5) is 30.6. The summed E-state index contributed by atoms with van der Waals surface area (Å²) in [6, 6.07) is 5.51. The van der Waals surface area contributed by atoms with E-state index in [1.165, 1.54) is 61.4 Å². The Morgan fingerprint density at radius 3 is 2.81 bits per heavy atom. The van der Waals surface area contributed by atoms with Crippen molar-refractivity contribution in [1.82, 2.24) is 19.5 Å². The topological polar surface area (TPSA) is 130 Å². The number of anilines is 1. The zero-order valence-corrected chi connectivity index (χ0v) is 17.7. The Morgan fingerprint density at radius 2 is 2.13 bits per heavy atom. The fourth-order valence-corrected chi connectivity index (χ4v) is 3.17. The Morgan fingerprint density at radius 1 is 1.39 bits per heavy atom. The van der Waals surface area contributed by atoms with E-state index in [9.17, 15) is 22.4 Å². The average molecular weight is 453 g/mol. The van der Waals surface area contributed by atoms with Crippen molar-refractivity contribution in [2.75, 3.05) is 25.9 Å². The molecule has 11 nitrogen and oxygen atoms in total. The SMILES string of the molecule is CNS(=O)(=O)Nc1cccc(CN2Cc3ncc(OC(=O)N(C)C)cc3OC2=O)c1F. The first kappa shape index (κ1) is 22.2. The number of pyridine rings is 1. The molecule has 0 radical (unpaired) electrons. The lowest BCUT2D eigenvalue weighted by molar-refractivity contribution is 0.132. The average Bonchev–Trinajstić information content (AvgIpc) is 2.71. The van der Waals surface area contributed by atoms with Crippen LogP contribution in [0.25, 0.3) is 0 Å². The van der Waals surface area contributed by atoms with Crippen LogP contribution in [0.4, 0.5) is 19.7 Å². The number of aromatic nitrogens is 1. The molecule has 13 heteroatoms. The second-order valence-corrected chi connectivity index (χ2v) is 8.31. The van der Waals surface area contributed by atoms with Crippen molar-refractivity contribution >= 4 is 28.1 Å². The molecular weight excluding hydrogens is 433 g/mol. The lowest BCUT2D eigenvalue weighted by atomic mass is 10.1. The number of amides is 2. The summed E-state index contributed by atoms with van der Waals surface area (Å²) in [5.74, 6) is -0.589. The normalized spacial score (nSPS) is 13.3. The molecule has 0 bridgehead atoms. The minimum Gasteiger partial charge on any atom is -0.408 e. The highest BCUT2D eigenvalue weighted by Crippen LogP contribution is 2.30. The van der Waals surface area contributed by atoms with Gasteiger partial charge < -0.3 is 14.4 Å². The van der Waals surface area contributed by atoms with Gasteiger partial charge in [-0.1, -0.05) is 12.1 Å². The number of rotatable bonds is 6. The molecule has 1 aliphatic heterocycles. The largest absolute Gasteiger partial charge is 0.415 e. The maximum absolute atomic E-state index is 14.8. The number of nitrogens with zero attached hydrogens (tertiary/aromatic N) is 3. The van der Waals surface area contributed by atoms with E-state index >= 15 is 0 Å². The first-order valence-corrected chi connectivity index (χ1v) is 10.4. The molecule has 2 aromatic rings. The summed E-state index contributed by atoms with van der Waals surface area (Å²) in [5, 5.41) is 0. The summed E-state index contributed by atoms with van der Waals surface area (Å²) in [6.07, 6.45) is -0.0635. The number of halogens is 1. The second-order valence-electron chi connectivity index (χ2n) is 6.69. The molecule has 1 aromatic heterocycles. The van der Waals surface area contributed by atoms with Gasteiger partial charge in [0, 0.05) is 32.8 Å². The monoisotopic (exact) mass is 453 g/mol. The predicted octanol–water partition coefficient (Wildman–Crippen LogP) is 1.67. The lowest BCUT2D eigenvalue weighted by Gasteiger charge is -2.27. The number of ether oxygens (including phenoxy) is 2. The molecule has 31 heavy (non-hydrogen) atoms. The summed E-state index contributed by atoms with van der Waals surface area (Å²) < 4.78 is 52.4. The van der Waals surface area contributed by atoms with E-state index < -0.39 is 28.2 Å². The fourth-order valence-electron chi connectivity index (χ4n) is 2.62. The highest BCUT2D eigenvalue weighted by atomic mass is 32.2. The standard InChI is InChI=1S/C18H20FN5O6S/c1-20-31(27,28)22-13-6-4-5-11(16(13)19)9-24-10-14-15(30-18(24)26)7-12(8-21-14)29-17(25)23(2)3/h4-8,20,22H,9-10H2,1-3H3. The molecule has 3 rings (SSSR count). The van der Waals surface area contributed by atoms with Crippen molar-refractivity contribution < 1.29 is 31.9 Å². The van der Waals surface area contributed by atoms with Crippen LogP contribution >= 0.6 is 0 Å². The van der Waals surface area contributed by atoms with E-state index in [0.29, 0.717) is 5.69 Å². The molecule has 0 aliphatic carbocycles. The molecule has 2 amide bonds. The summed E-state index contributed by atoms with van der Waals surface area (Å²) in [7, 11) is 0.313. The van der Waals surface area contributed by atoms with Crippen LogP contribution in [0.15, 0.2) is 30.5 Å². The molecule has 0 unspecified atom stereocenters. The van der Waals surface area contributed by atoms with Gasteiger partial charge in [-0.25, -0.2) is 18.7 Å². The number of carbonyl (C=O) groups excluding carboxylic acids is 2. The molecule has 1 aliphatic rings. The van der Waals surface area contributed by atoms with E-state index in [1.807, 2.05) is 4.72 Å². The summed E-state index contributed by atoms with van der Waals surface area (Å²) in [5.41, 5.74) is 0.202. The van der Waals surface area contributed by atoms with Gasteiger partial charge in [0.25, 0.3) is 10.2 Å². The minimum absolute atomic E-state index is 0.0159. The molecule has 0 spiro atoms. The van der Waals surface area contributed by atoms with Gasteiger partial charge in [-0.2, -0.15) is 8.42 Å². The molecule has 0 fully saturated rings. The van der Waals surface area contributed by atoms with E-state index in [2.05, 4.69) is 9.71 Å². The van der Waals surface area contributed by atoms with Crippen LogP contribution in [0.1, 0.15) is 11.3 Å². The van der Waals surface area contributed by atoms with Crippen molar-refractivity contribution in [1.29, 1.82) is 0 Å². The van der Waals surface area contributed by atoms with Gasteiger partial charge in [-0.3, -0.25) is 14.6 Å². The Bertz CT molecular complexity index is 1120. The van der Waals surface area contributed by atoms with Gasteiger partial charge in [0.15, 0.2) is 17.3 Å². The highest BCUT2D eigenvalue weighted by molar-refractivity contribution is 7.90. The van der Waals surface area contributed by atoms with Crippen LogP contribution in [0, 0.1) is 5.82 Å². The van der Waals surface area contributed by atoms with Crippen molar-refractivity contribution in [2.24, 2.45) is 0 Å². The second kappa shape index (κ2) is 8.73. The molecule has 1 aromatic carbocycles. The number of hydrogen-bond acceptors (Lipinski definition) is 7. The van der Waals surface area contributed by atoms with Gasteiger partial charge in [0.2, 0.25) is 0 Å². The van der Waals surface area contributed by atoms with Crippen LogP contribution < -0.4 is 18.9 Å². The first-order valence-electron chi connectivity index (χ1n) is 8.93. The molecular formula is C18H20FN5O6S. The number of hydrogen-bond donors (Lipinski definition) is 2. The van der Waals surface area contributed by atoms with Gasteiger partial charge in [0.1, 0.15) is 5.69 Å². The van der Waals surface area contributed by atoms with Crippen molar-refractivity contribution in [3.05, 3.63) is 47.5 Å². The Kier molecular flexibility index (Phi) is 6.27. The van der Waals surface area contributed by atoms with E-state index in [4.69, 9.17) is 9.47 Å². The van der Waals surface area contributed by atoms with Gasteiger partial charge in [-0.05, 0) is 6.07 Å². The van der Waals surface area contributed by atoms with Crippen LogP contribution in [0.5, 0.6) is 11.5 Å². The zero-order valence-electron chi connectivity index (χ0n) is 16.9. The number of nitrogens with one attached hydrogen (secondary N) is 2. The van der Waals surface area contributed by atoms with Crippen LogP contribution in [0.2, 0.25) is 0 Å². The smallest absolute Gasteiger partial charge is 0.408 e. The van der Waals surface area contributed by atoms with Crippen molar-refractivity contribution in [3.63, 3.8) is 0 Å². The Balaban J connectivity index is 1.77. The Labute approximate surface area is 177 Å². The third-order valence-electron chi connectivity index (χ3n) is 4.22. The third kappa shape index (κ3) is 5.19. The molecule has 2 N–H and O–H groups in total. The lowest BCUT2D eigenvalue weighted by Crippen LogP contribution is -2.37. The Hall–Kier alpha value is -3.45. The molecule has 166 valence electrons. The maximum atomic E-state index is 14.8. The molecule has 0 atom stereocenters. The van der Waals surface area contributed by atoms with E-state index in [0.717, 1.165) is 0 Å². The third-order valence-corrected chi connectivity index (χ3v) is 5.25. The number of benzene rings is 1. The van der Waals surface area contributed by atoms with E-state index in [1.54, 1.807) is 0 Å². The van der Waals surface area contributed by atoms with Gasteiger partial charge >= 0.3 is 12.2 Å². The quantitative estimate of drug-likeness (QED) is 0.680. The predicted molar refractivity (Wildman–Crippen MR) is 107 cm³/mol. The zero-order chi connectivity index (χ0) is 22.8. The van der Waals surface area contributed by atoms with Crippen LogP contribution in [0.3, 0.4) is 0 Å². The first-order chi connectivity index (χ1) is 14.6. The summed E-state index contributed by atoms with van der Waals surface area (Å²) >= 11 is 0. The molecule has 2 heterocycles. The van der Waals surface area contributed by atoms with Gasteiger partial charge in [0.05, 0.1) is 25.0 Å². The minimum atomic E-state index is -3.91. The van der Waals surface area contributed by atoms with Crippen molar-refractivity contribution in [3.8, 4) is 11.5 Å². The molecule has 0 saturated heterocycles. The fraction of sp³-hybridized carbons (Fsp3) is 0.278. The number of carbonyl (C=O) groups is 2. The van der Waals surface area contributed by atoms with Gasteiger partial charge in [-0.15, -0.1) is 0 Å². The molecule has 0 saturated carbocycles. The maximum Gasteiger partial charge on any atom is 0.415 e. The number of fused-ring (bicyclic) bond motifs is 1.